The molecule has 0 amide bonds. The first kappa shape index (κ1) is 10.1. The summed E-state index contributed by atoms with van der Waals surface area (Å²) in [5, 5.41) is 0.327. The number of nitrogens with zero attached hydrogens (tertiary/aromatic N) is 1. The summed E-state index contributed by atoms with van der Waals surface area (Å²) in [5.74, 6) is 0.632. The van der Waals surface area contributed by atoms with E-state index in [0.29, 0.717) is 17.3 Å². The molecule has 15 heavy (non-hydrogen) atoms. The molecular formula is C11H18BN2S. The van der Waals surface area contributed by atoms with Crippen LogP contribution in [0.2, 0.25) is 5.31 Å². The maximum Gasteiger partial charge on any atom is 0.146 e. The van der Waals surface area contributed by atoms with Crippen LogP contribution in [0.1, 0.15) is 32.6 Å². The lowest BCUT2D eigenvalue weighted by Gasteiger charge is -2.49. The van der Waals surface area contributed by atoms with Gasteiger partial charge in [-0.25, -0.2) is 0 Å². The van der Waals surface area contributed by atoms with Crippen molar-refractivity contribution in [2.24, 2.45) is 11.7 Å². The monoisotopic (exact) mass is 221 g/mol. The number of fused-ring (bicyclic) bond motifs is 3. The van der Waals surface area contributed by atoms with Gasteiger partial charge in [-0.05, 0) is 35.9 Å². The molecule has 0 spiro atoms. The average Bonchev–Trinajstić information content (AvgIpc) is 2.75. The highest BCUT2D eigenvalue weighted by atomic mass is 32.1. The fourth-order valence-corrected chi connectivity index (χ4v) is 4.07. The maximum absolute atomic E-state index is 6.52. The van der Waals surface area contributed by atoms with Crippen molar-refractivity contribution in [3.8, 4) is 0 Å². The normalized spacial score (nSPS) is 53.0. The molecule has 81 valence electrons. The number of thiocarbonyl (C=S) groups is 1. The summed E-state index contributed by atoms with van der Waals surface area (Å²) in [6, 6.07) is 0.600. The molecule has 4 atom stereocenters. The average molecular weight is 221 g/mol. The fraction of sp³-hybridized carbons (Fsp3) is 0.909. The Labute approximate surface area is 97.8 Å². The number of nitrogens with two attached hydrogens (primary N) is 1. The van der Waals surface area contributed by atoms with Crippen molar-refractivity contribution in [3.05, 3.63) is 0 Å². The van der Waals surface area contributed by atoms with Crippen LogP contribution in [0.15, 0.2) is 0 Å². The number of rotatable bonds is 0. The van der Waals surface area contributed by atoms with Gasteiger partial charge in [-0.1, -0.05) is 25.6 Å². The number of hydrogen-bond donors (Lipinski definition) is 1. The first-order valence-electron chi connectivity index (χ1n) is 5.89. The van der Waals surface area contributed by atoms with E-state index >= 15 is 0 Å². The Morgan fingerprint density at radius 2 is 2.27 bits per heavy atom. The third kappa shape index (κ3) is 1.12. The van der Waals surface area contributed by atoms with Gasteiger partial charge in [-0.15, -0.1) is 0 Å². The van der Waals surface area contributed by atoms with Crippen molar-refractivity contribution in [2.75, 3.05) is 7.05 Å². The van der Waals surface area contributed by atoms with Gasteiger partial charge >= 0.3 is 0 Å². The second-order valence-corrected chi connectivity index (χ2v) is 6.22. The van der Waals surface area contributed by atoms with Crippen LogP contribution in [0.3, 0.4) is 0 Å². The van der Waals surface area contributed by atoms with E-state index in [0.717, 1.165) is 11.4 Å². The lowest BCUT2D eigenvalue weighted by molar-refractivity contribution is 0.128. The summed E-state index contributed by atoms with van der Waals surface area (Å²) in [6.07, 6.45) is 4.73. The Morgan fingerprint density at radius 1 is 1.53 bits per heavy atom. The number of likely N-dealkylation sites (tertiary alicyclic amines) is 1. The summed E-state index contributed by atoms with van der Waals surface area (Å²) >= 11 is 5.39. The third-order valence-electron chi connectivity index (χ3n) is 5.06. The van der Waals surface area contributed by atoms with Crippen molar-refractivity contribution in [1.29, 1.82) is 0 Å². The van der Waals surface area contributed by atoms with Gasteiger partial charge in [-0.2, -0.15) is 0 Å². The first-order valence-corrected chi connectivity index (χ1v) is 6.30. The number of piperidine rings is 1. The van der Waals surface area contributed by atoms with E-state index in [2.05, 4.69) is 26.2 Å². The van der Waals surface area contributed by atoms with Gasteiger partial charge < -0.3 is 10.6 Å². The maximum atomic E-state index is 6.52. The largest absolute Gasteiger partial charge is 0.366 e. The molecule has 1 saturated carbocycles. The van der Waals surface area contributed by atoms with Crippen LogP contribution in [0.4, 0.5) is 0 Å². The molecule has 0 aromatic carbocycles. The molecular weight excluding hydrogens is 203 g/mol. The molecule has 0 bridgehead atoms. The Morgan fingerprint density at radius 3 is 3.00 bits per heavy atom. The Kier molecular flexibility index (Phi) is 1.87. The van der Waals surface area contributed by atoms with Crippen molar-refractivity contribution >= 4 is 24.5 Å². The van der Waals surface area contributed by atoms with E-state index in [4.69, 9.17) is 18.0 Å². The van der Waals surface area contributed by atoms with E-state index in [9.17, 15) is 0 Å². The Hall–Kier alpha value is -0.0851. The lowest BCUT2D eigenvalue weighted by Crippen LogP contribution is -2.56. The SMILES string of the molecule is CN1C(=S)CCC2C1CCC1(C)[B]C21N. The fourth-order valence-electron chi connectivity index (χ4n) is 3.81. The molecule has 3 fully saturated rings. The molecule has 1 aliphatic carbocycles. The molecule has 1 radical (unpaired) electrons. The van der Waals surface area contributed by atoms with Crippen molar-refractivity contribution < 1.29 is 0 Å². The smallest absolute Gasteiger partial charge is 0.146 e. The summed E-state index contributed by atoms with van der Waals surface area (Å²) in [7, 11) is 4.53. The second kappa shape index (κ2) is 2.78. The van der Waals surface area contributed by atoms with Crippen molar-refractivity contribution in [3.63, 3.8) is 0 Å². The van der Waals surface area contributed by atoms with Gasteiger partial charge in [0.1, 0.15) is 7.28 Å². The summed E-state index contributed by atoms with van der Waals surface area (Å²) in [5.41, 5.74) is 6.54. The molecule has 2 aliphatic heterocycles. The predicted molar refractivity (Wildman–Crippen MR) is 67.1 cm³/mol. The zero-order valence-electron chi connectivity index (χ0n) is 9.49. The molecule has 2 nitrogen and oxygen atoms in total. The molecule has 2 heterocycles. The first-order chi connectivity index (χ1) is 6.98. The van der Waals surface area contributed by atoms with E-state index < -0.39 is 0 Å². The van der Waals surface area contributed by atoms with Crippen molar-refractivity contribution in [2.45, 2.75) is 49.4 Å². The minimum atomic E-state index is 0.0141. The summed E-state index contributed by atoms with van der Waals surface area (Å²) < 4.78 is 0. The highest BCUT2D eigenvalue weighted by molar-refractivity contribution is 7.80. The van der Waals surface area contributed by atoms with Gasteiger partial charge in [0, 0.05) is 13.1 Å². The van der Waals surface area contributed by atoms with E-state index in [1.54, 1.807) is 0 Å². The molecule has 2 N–H and O–H groups in total. The highest BCUT2D eigenvalue weighted by Gasteiger charge is 2.69. The summed E-state index contributed by atoms with van der Waals surface area (Å²) in [4.78, 5) is 3.44. The molecule has 3 rings (SSSR count). The van der Waals surface area contributed by atoms with Crippen LogP contribution < -0.4 is 5.73 Å². The van der Waals surface area contributed by atoms with E-state index in [-0.39, 0.29) is 5.44 Å². The van der Waals surface area contributed by atoms with Gasteiger partial charge in [0.2, 0.25) is 0 Å². The van der Waals surface area contributed by atoms with E-state index in [1.807, 2.05) is 0 Å². The van der Waals surface area contributed by atoms with E-state index in [1.165, 1.54) is 19.3 Å². The number of hydrogen-bond acceptors (Lipinski definition) is 2. The van der Waals surface area contributed by atoms with Gasteiger partial charge in [0.25, 0.3) is 0 Å². The Balaban J connectivity index is 1.90. The third-order valence-corrected chi connectivity index (χ3v) is 5.55. The van der Waals surface area contributed by atoms with Crippen molar-refractivity contribution in [1.82, 2.24) is 4.90 Å². The lowest BCUT2D eigenvalue weighted by atomic mass is 9.70. The summed E-state index contributed by atoms with van der Waals surface area (Å²) in [6.45, 7) is 2.32. The topological polar surface area (TPSA) is 29.3 Å². The molecule has 2 saturated heterocycles. The zero-order chi connectivity index (χ0) is 10.8. The molecule has 0 aromatic rings. The van der Waals surface area contributed by atoms with Gasteiger partial charge in [-0.3, -0.25) is 0 Å². The molecule has 3 aliphatic rings. The second-order valence-electron chi connectivity index (χ2n) is 5.75. The molecule has 0 aromatic heterocycles. The van der Waals surface area contributed by atoms with Gasteiger partial charge in [0.05, 0.1) is 4.99 Å². The van der Waals surface area contributed by atoms with Crippen LogP contribution in [-0.4, -0.2) is 35.7 Å². The van der Waals surface area contributed by atoms with Gasteiger partial charge in [0.15, 0.2) is 0 Å². The molecule has 4 unspecified atom stereocenters. The minimum absolute atomic E-state index is 0.0141. The van der Waals surface area contributed by atoms with Crippen LogP contribution in [0, 0.1) is 5.92 Å². The van der Waals surface area contributed by atoms with Crippen LogP contribution >= 0.6 is 12.2 Å². The quantitative estimate of drug-likeness (QED) is 0.494. The highest BCUT2D eigenvalue weighted by Crippen LogP contribution is 2.65. The standard InChI is InChI=1S/C11H18BN2S/c1-10-6-5-8-7(11(10,13)12-10)3-4-9(15)14(8)2/h7-8H,3-6,13H2,1-2H3. The zero-order valence-corrected chi connectivity index (χ0v) is 10.3. The van der Waals surface area contributed by atoms with Crippen LogP contribution in [0.25, 0.3) is 0 Å². The Bertz CT molecular complexity index is 335. The van der Waals surface area contributed by atoms with Crippen LogP contribution in [0.5, 0.6) is 0 Å². The predicted octanol–water partition coefficient (Wildman–Crippen LogP) is 1.37. The van der Waals surface area contributed by atoms with Crippen LogP contribution in [-0.2, 0) is 0 Å². The minimum Gasteiger partial charge on any atom is -0.366 e. The molecule has 4 heteroatoms.